The van der Waals surface area contributed by atoms with Crippen LogP contribution in [0.3, 0.4) is 0 Å². The Kier molecular flexibility index (Phi) is 5.99. The van der Waals surface area contributed by atoms with E-state index < -0.39 is 0 Å². The molecule has 0 saturated heterocycles. The number of hydrogen-bond acceptors (Lipinski definition) is 4. The monoisotopic (exact) mass is 363 g/mol. The second kappa shape index (κ2) is 8.80. The number of nitrogens with zero attached hydrogens (tertiary/aromatic N) is 2. The van der Waals surface area contributed by atoms with E-state index in [1.165, 1.54) is 6.92 Å². The Morgan fingerprint density at radius 3 is 2.67 bits per heavy atom. The second-order valence-corrected chi connectivity index (χ2v) is 6.18. The maximum absolute atomic E-state index is 12.0. The van der Waals surface area contributed by atoms with Crippen LogP contribution in [0.2, 0.25) is 0 Å². The number of ether oxygens (including phenoxy) is 1. The third-order valence-corrected chi connectivity index (χ3v) is 3.97. The van der Waals surface area contributed by atoms with Crippen molar-refractivity contribution in [3.8, 4) is 5.75 Å². The average Bonchev–Trinajstić information content (AvgIpc) is 3.13. The van der Waals surface area contributed by atoms with Gasteiger partial charge in [0.15, 0.2) is 12.4 Å². The van der Waals surface area contributed by atoms with Gasteiger partial charge in [0.2, 0.25) is 0 Å². The van der Waals surface area contributed by atoms with Gasteiger partial charge in [0, 0.05) is 23.9 Å². The number of rotatable bonds is 8. The number of ketones is 1. The summed E-state index contributed by atoms with van der Waals surface area (Å²) in [6.07, 6.45) is 3.64. The van der Waals surface area contributed by atoms with Crippen LogP contribution in [0.15, 0.2) is 67.0 Å². The summed E-state index contributed by atoms with van der Waals surface area (Å²) in [6.45, 7) is 2.44. The molecule has 0 fully saturated rings. The Labute approximate surface area is 157 Å². The summed E-state index contributed by atoms with van der Waals surface area (Å²) in [5.41, 5.74) is 2.63. The predicted octanol–water partition coefficient (Wildman–Crippen LogP) is 2.83. The lowest BCUT2D eigenvalue weighted by Gasteiger charge is -2.07. The Morgan fingerprint density at radius 2 is 1.89 bits per heavy atom. The van der Waals surface area contributed by atoms with Gasteiger partial charge in [-0.1, -0.05) is 42.5 Å². The summed E-state index contributed by atoms with van der Waals surface area (Å²) >= 11 is 0. The van der Waals surface area contributed by atoms with Gasteiger partial charge in [-0.2, -0.15) is 5.10 Å². The van der Waals surface area contributed by atoms with Gasteiger partial charge in [-0.25, -0.2) is 0 Å². The fraction of sp³-hybridized carbons (Fsp3) is 0.190. The molecule has 0 unspecified atom stereocenters. The number of carbonyl (C=O) groups excluding carboxylic acids is 2. The molecule has 27 heavy (non-hydrogen) atoms. The van der Waals surface area contributed by atoms with Crippen LogP contribution in [0.25, 0.3) is 0 Å². The summed E-state index contributed by atoms with van der Waals surface area (Å²) in [7, 11) is 0. The molecule has 3 rings (SSSR count). The highest BCUT2D eigenvalue weighted by atomic mass is 16.5. The molecule has 0 aliphatic carbocycles. The van der Waals surface area contributed by atoms with Gasteiger partial charge in [0.05, 0.1) is 12.7 Å². The molecule has 0 saturated carbocycles. The SMILES string of the molecule is CC(=O)c1cccc(OCC(=O)NCc2cnn(Cc3ccccc3)c2)c1. The largest absolute Gasteiger partial charge is 0.484 e. The van der Waals surface area contributed by atoms with Crippen molar-refractivity contribution in [2.24, 2.45) is 0 Å². The molecule has 0 aliphatic heterocycles. The zero-order chi connectivity index (χ0) is 19.1. The molecule has 2 aromatic carbocycles. The van der Waals surface area contributed by atoms with Gasteiger partial charge < -0.3 is 10.1 Å². The van der Waals surface area contributed by atoms with Crippen molar-refractivity contribution in [2.45, 2.75) is 20.0 Å². The third kappa shape index (κ3) is 5.54. The Hall–Kier alpha value is -3.41. The van der Waals surface area contributed by atoms with Gasteiger partial charge in [-0.3, -0.25) is 14.3 Å². The molecule has 0 aliphatic rings. The smallest absolute Gasteiger partial charge is 0.258 e. The van der Waals surface area contributed by atoms with Crippen molar-refractivity contribution in [1.82, 2.24) is 15.1 Å². The number of hydrogen-bond donors (Lipinski definition) is 1. The summed E-state index contributed by atoms with van der Waals surface area (Å²) < 4.78 is 7.28. The first kappa shape index (κ1) is 18.4. The van der Waals surface area contributed by atoms with E-state index in [2.05, 4.69) is 10.4 Å². The van der Waals surface area contributed by atoms with Gasteiger partial charge in [-0.05, 0) is 24.6 Å². The minimum absolute atomic E-state index is 0.0441. The second-order valence-electron chi connectivity index (χ2n) is 6.18. The van der Waals surface area contributed by atoms with Crippen LogP contribution in [0.4, 0.5) is 0 Å². The number of nitrogens with one attached hydrogen (secondary N) is 1. The molecule has 1 N–H and O–H groups in total. The number of amides is 1. The van der Waals surface area contributed by atoms with Gasteiger partial charge in [-0.15, -0.1) is 0 Å². The van der Waals surface area contributed by atoms with Crippen LogP contribution >= 0.6 is 0 Å². The number of benzene rings is 2. The van der Waals surface area contributed by atoms with E-state index in [1.807, 2.05) is 41.2 Å². The number of carbonyl (C=O) groups is 2. The highest BCUT2D eigenvalue weighted by Crippen LogP contribution is 2.13. The van der Waals surface area contributed by atoms with Crippen LogP contribution in [0.5, 0.6) is 5.75 Å². The van der Waals surface area contributed by atoms with Crippen LogP contribution in [-0.2, 0) is 17.9 Å². The highest BCUT2D eigenvalue weighted by Gasteiger charge is 2.06. The van der Waals surface area contributed by atoms with E-state index in [0.29, 0.717) is 24.4 Å². The van der Waals surface area contributed by atoms with E-state index in [0.717, 1.165) is 11.1 Å². The van der Waals surface area contributed by atoms with Crippen molar-refractivity contribution in [2.75, 3.05) is 6.61 Å². The predicted molar refractivity (Wildman–Crippen MR) is 102 cm³/mol. The normalized spacial score (nSPS) is 10.4. The summed E-state index contributed by atoms with van der Waals surface area (Å²) in [4.78, 5) is 23.3. The number of Topliss-reactive ketones (excluding diaryl/α,β-unsaturated/α-hetero) is 1. The van der Waals surface area contributed by atoms with Crippen LogP contribution < -0.4 is 10.1 Å². The fourth-order valence-corrected chi connectivity index (χ4v) is 2.56. The van der Waals surface area contributed by atoms with Crippen molar-refractivity contribution >= 4 is 11.7 Å². The first-order valence-electron chi connectivity index (χ1n) is 8.66. The molecule has 1 amide bonds. The minimum Gasteiger partial charge on any atom is -0.484 e. The Bertz CT molecular complexity index is 919. The summed E-state index contributed by atoms with van der Waals surface area (Å²) in [6, 6.07) is 16.8. The maximum Gasteiger partial charge on any atom is 0.258 e. The summed E-state index contributed by atoms with van der Waals surface area (Å²) in [5.74, 6) is 0.213. The van der Waals surface area contributed by atoms with E-state index in [9.17, 15) is 9.59 Å². The molecule has 6 nitrogen and oxygen atoms in total. The zero-order valence-corrected chi connectivity index (χ0v) is 15.1. The van der Waals surface area contributed by atoms with Crippen molar-refractivity contribution in [1.29, 1.82) is 0 Å². The van der Waals surface area contributed by atoms with E-state index >= 15 is 0 Å². The standard InChI is InChI=1S/C21H21N3O3/c1-16(25)19-8-5-9-20(10-19)27-15-21(26)22-11-18-12-23-24(14-18)13-17-6-3-2-4-7-17/h2-10,12,14H,11,13,15H2,1H3,(H,22,26). The lowest BCUT2D eigenvalue weighted by Crippen LogP contribution is -2.28. The van der Waals surface area contributed by atoms with Crippen LogP contribution in [0.1, 0.15) is 28.4 Å². The van der Waals surface area contributed by atoms with E-state index in [-0.39, 0.29) is 18.3 Å². The first-order chi connectivity index (χ1) is 13.1. The number of aromatic nitrogens is 2. The molecular formula is C21H21N3O3. The molecule has 0 atom stereocenters. The fourth-order valence-electron chi connectivity index (χ4n) is 2.56. The lowest BCUT2D eigenvalue weighted by molar-refractivity contribution is -0.123. The first-order valence-corrected chi connectivity index (χ1v) is 8.66. The molecule has 0 spiro atoms. The minimum atomic E-state index is -0.237. The van der Waals surface area contributed by atoms with E-state index in [4.69, 9.17) is 4.74 Å². The van der Waals surface area contributed by atoms with Crippen molar-refractivity contribution < 1.29 is 14.3 Å². The maximum atomic E-state index is 12.0. The lowest BCUT2D eigenvalue weighted by atomic mass is 10.1. The quantitative estimate of drug-likeness (QED) is 0.625. The van der Waals surface area contributed by atoms with Gasteiger partial charge in [0.1, 0.15) is 5.75 Å². The molecule has 1 heterocycles. The molecule has 1 aromatic heterocycles. The molecular weight excluding hydrogens is 342 g/mol. The molecule has 138 valence electrons. The molecule has 3 aromatic rings. The Morgan fingerprint density at radius 1 is 1.07 bits per heavy atom. The van der Waals surface area contributed by atoms with Crippen LogP contribution in [0, 0.1) is 0 Å². The van der Waals surface area contributed by atoms with Gasteiger partial charge >= 0.3 is 0 Å². The highest BCUT2D eigenvalue weighted by molar-refractivity contribution is 5.94. The zero-order valence-electron chi connectivity index (χ0n) is 15.1. The molecule has 0 radical (unpaired) electrons. The van der Waals surface area contributed by atoms with Gasteiger partial charge in [0.25, 0.3) is 5.91 Å². The Balaban J connectivity index is 1.45. The molecule has 0 bridgehead atoms. The van der Waals surface area contributed by atoms with E-state index in [1.54, 1.807) is 30.5 Å². The third-order valence-electron chi connectivity index (χ3n) is 3.97. The molecule has 6 heteroatoms. The average molecular weight is 363 g/mol. The van der Waals surface area contributed by atoms with Crippen molar-refractivity contribution in [3.63, 3.8) is 0 Å². The topological polar surface area (TPSA) is 73.2 Å². The van der Waals surface area contributed by atoms with Crippen molar-refractivity contribution in [3.05, 3.63) is 83.7 Å². The van der Waals surface area contributed by atoms with Crippen LogP contribution in [-0.4, -0.2) is 28.1 Å². The summed E-state index contributed by atoms with van der Waals surface area (Å²) in [5, 5.41) is 7.11.